The molecule has 1 aliphatic rings. The number of aromatic hydroxyl groups is 1. The predicted molar refractivity (Wildman–Crippen MR) is 85.2 cm³/mol. The molecule has 22 heavy (non-hydrogen) atoms. The Balaban J connectivity index is 1.96. The summed E-state index contributed by atoms with van der Waals surface area (Å²) >= 11 is 11.9. The average molecular weight is 334 g/mol. The second-order valence-corrected chi connectivity index (χ2v) is 5.40. The molecule has 1 heterocycles. The molecule has 110 valence electrons. The summed E-state index contributed by atoms with van der Waals surface area (Å²) in [5.74, 6) is -0.279. The number of cyclic esters (lactones) is 1. The molecule has 2 aromatic carbocycles. The van der Waals surface area contributed by atoms with Crippen molar-refractivity contribution in [2.24, 2.45) is 4.99 Å². The van der Waals surface area contributed by atoms with Crippen LogP contribution in [-0.2, 0) is 9.53 Å². The molecule has 0 amide bonds. The van der Waals surface area contributed by atoms with Gasteiger partial charge in [-0.25, -0.2) is 9.79 Å². The number of hydrogen-bond donors (Lipinski definition) is 1. The predicted octanol–water partition coefficient (Wildman–Crippen LogP) is 4.04. The van der Waals surface area contributed by atoms with Gasteiger partial charge in [-0.05, 0) is 42.0 Å². The maximum Gasteiger partial charge on any atom is 0.363 e. The van der Waals surface area contributed by atoms with E-state index in [9.17, 15) is 9.90 Å². The van der Waals surface area contributed by atoms with Crippen LogP contribution in [0.25, 0.3) is 6.08 Å². The van der Waals surface area contributed by atoms with E-state index < -0.39 is 5.97 Å². The highest BCUT2D eigenvalue weighted by molar-refractivity contribution is 6.37. The van der Waals surface area contributed by atoms with Crippen LogP contribution in [0.2, 0.25) is 10.0 Å². The van der Waals surface area contributed by atoms with Gasteiger partial charge in [-0.15, -0.1) is 0 Å². The topological polar surface area (TPSA) is 58.9 Å². The maximum atomic E-state index is 11.9. The van der Waals surface area contributed by atoms with Crippen molar-refractivity contribution in [1.82, 2.24) is 0 Å². The Kier molecular flexibility index (Phi) is 3.88. The molecule has 0 saturated carbocycles. The Morgan fingerprint density at radius 3 is 2.50 bits per heavy atom. The number of aliphatic imine (C=N–C) groups is 1. The number of esters is 1. The van der Waals surface area contributed by atoms with Crippen molar-refractivity contribution < 1.29 is 14.6 Å². The van der Waals surface area contributed by atoms with Crippen LogP contribution >= 0.6 is 23.2 Å². The van der Waals surface area contributed by atoms with Gasteiger partial charge < -0.3 is 9.84 Å². The zero-order valence-electron chi connectivity index (χ0n) is 11.1. The normalized spacial score (nSPS) is 15.8. The molecular formula is C16H9Cl2NO3. The van der Waals surface area contributed by atoms with Crippen LogP contribution in [-0.4, -0.2) is 17.0 Å². The van der Waals surface area contributed by atoms with Crippen molar-refractivity contribution in [3.05, 3.63) is 69.3 Å². The quantitative estimate of drug-likeness (QED) is 0.666. The number of phenolic OH excluding ortho intramolecular Hbond substituents is 1. The first kappa shape index (κ1) is 14.6. The van der Waals surface area contributed by atoms with Crippen LogP contribution in [0.4, 0.5) is 0 Å². The molecule has 1 aliphatic heterocycles. The number of rotatable bonds is 2. The molecule has 0 spiro atoms. The number of halogens is 2. The van der Waals surface area contributed by atoms with E-state index in [2.05, 4.69) is 4.99 Å². The van der Waals surface area contributed by atoms with E-state index in [0.717, 1.165) is 5.56 Å². The van der Waals surface area contributed by atoms with E-state index in [1.807, 2.05) is 0 Å². The summed E-state index contributed by atoms with van der Waals surface area (Å²) in [5, 5.41) is 10.1. The number of nitrogens with zero attached hydrogens (tertiary/aromatic N) is 1. The lowest BCUT2D eigenvalue weighted by Crippen LogP contribution is -2.05. The van der Waals surface area contributed by atoms with Gasteiger partial charge >= 0.3 is 5.97 Å². The summed E-state index contributed by atoms with van der Waals surface area (Å²) in [6.45, 7) is 0. The first-order chi connectivity index (χ1) is 10.5. The Morgan fingerprint density at radius 2 is 1.82 bits per heavy atom. The van der Waals surface area contributed by atoms with Gasteiger partial charge in [0.2, 0.25) is 5.90 Å². The summed E-state index contributed by atoms with van der Waals surface area (Å²) in [6.07, 6.45) is 1.57. The molecule has 2 aromatic rings. The van der Waals surface area contributed by atoms with Crippen LogP contribution in [0, 0.1) is 0 Å². The average Bonchev–Trinajstić information content (AvgIpc) is 2.82. The fourth-order valence-electron chi connectivity index (χ4n) is 1.92. The van der Waals surface area contributed by atoms with Crippen molar-refractivity contribution in [2.45, 2.75) is 0 Å². The summed E-state index contributed by atoms with van der Waals surface area (Å²) in [5.41, 5.74) is 1.37. The standard InChI is InChI=1S/C16H9Cl2NO3/c17-10-3-6-12(13(18)8-10)15-19-14(16(21)22-15)7-9-1-4-11(20)5-2-9/h1-8,20H/b14-7-. The molecule has 0 unspecified atom stereocenters. The molecule has 0 atom stereocenters. The van der Waals surface area contributed by atoms with Gasteiger partial charge in [-0.2, -0.15) is 0 Å². The van der Waals surface area contributed by atoms with Crippen LogP contribution in [0.5, 0.6) is 5.75 Å². The van der Waals surface area contributed by atoms with Crippen LogP contribution in [0.15, 0.2) is 53.2 Å². The molecule has 0 aromatic heterocycles. The van der Waals surface area contributed by atoms with E-state index in [-0.39, 0.29) is 17.3 Å². The van der Waals surface area contributed by atoms with Gasteiger partial charge in [0, 0.05) is 5.02 Å². The highest BCUT2D eigenvalue weighted by atomic mass is 35.5. The van der Waals surface area contributed by atoms with Gasteiger partial charge in [0.05, 0.1) is 10.6 Å². The molecule has 0 fully saturated rings. The number of benzene rings is 2. The molecule has 0 saturated heterocycles. The largest absolute Gasteiger partial charge is 0.508 e. The van der Waals surface area contributed by atoms with Crippen LogP contribution in [0.3, 0.4) is 0 Å². The monoisotopic (exact) mass is 333 g/mol. The third kappa shape index (κ3) is 2.98. The van der Waals surface area contributed by atoms with Gasteiger partial charge in [0.15, 0.2) is 5.70 Å². The lowest BCUT2D eigenvalue weighted by atomic mass is 10.2. The smallest absolute Gasteiger partial charge is 0.363 e. The molecule has 3 rings (SSSR count). The molecule has 0 bridgehead atoms. The molecular weight excluding hydrogens is 325 g/mol. The van der Waals surface area contributed by atoms with E-state index >= 15 is 0 Å². The highest BCUT2D eigenvalue weighted by Gasteiger charge is 2.25. The SMILES string of the molecule is O=C1OC(c2ccc(Cl)cc2Cl)=N/C1=C\c1ccc(O)cc1. The fourth-order valence-corrected chi connectivity index (χ4v) is 2.41. The highest BCUT2D eigenvalue weighted by Crippen LogP contribution is 2.26. The van der Waals surface area contributed by atoms with Gasteiger partial charge in [0.25, 0.3) is 0 Å². The minimum Gasteiger partial charge on any atom is -0.508 e. The number of carbonyl (C=O) groups is 1. The van der Waals surface area contributed by atoms with Gasteiger partial charge in [-0.3, -0.25) is 0 Å². The zero-order valence-corrected chi connectivity index (χ0v) is 12.6. The van der Waals surface area contributed by atoms with Crippen molar-refractivity contribution in [2.75, 3.05) is 0 Å². The number of phenols is 1. The van der Waals surface area contributed by atoms with Crippen molar-refractivity contribution in [3.63, 3.8) is 0 Å². The second kappa shape index (κ2) is 5.83. The lowest BCUT2D eigenvalue weighted by Gasteiger charge is -2.02. The summed E-state index contributed by atoms with van der Waals surface area (Å²) < 4.78 is 5.14. The fraction of sp³-hybridized carbons (Fsp3) is 0. The van der Waals surface area contributed by atoms with Crippen molar-refractivity contribution >= 4 is 41.1 Å². The molecule has 0 aliphatic carbocycles. The van der Waals surface area contributed by atoms with E-state index in [0.29, 0.717) is 15.6 Å². The second-order valence-electron chi connectivity index (χ2n) is 4.55. The maximum absolute atomic E-state index is 11.9. The molecule has 0 radical (unpaired) electrons. The van der Waals surface area contributed by atoms with Crippen LogP contribution < -0.4 is 0 Å². The van der Waals surface area contributed by atoms with Gasteiger partial charge in [0.1, 0.15) is 5.75 Å². The van der Waals surface area contributed by atoms with Crippen LogP contribution in [0.1, 0.15) is 11.1 Å². The minimum atomic E-state index is -0.561. The summed E-state index contributed by atoms with van der Waals surface area (Å²) in [6, 6.07) is 11.2. The Morgan fingerprint density at radius 1 is 1.09 bits per heavy atom. The zero-order chi connectivity index (χ0) is 15.7. The van der Waals surface area contributed by atoms with Gasteiger partial charge in [-0.1, -0.05) is 35.3 Å². The number of hydrogen-bond acceptors (Lipinski definition) is 4. The third-order valence-corrected chi connectivity index (χ3v) is 3.53. The number of carbonyl (C=O) groups excluding carboxylic acids is 1. The molecule has 4 nitrogen and oxygen atoms in total. The minimum absolute atomic E-state index is 0.136. The first-order valence-electron chi connectivity index (χ1n) is 6.30. The first-order valence-corrected chi connectivity index (χ1v) is 7.05. The Labute approximate surface area is 136 Å². The molecule has 1 N–H and O–H groups in total. The van der Waals surface area contributed by atoms with Crippen molar-refractivity contribution in [3.8, 4) is 5.75 Å². The number of ether oxygens (including phenoxy) is 1. The van der Waals surface area contributed by atoms with E-state index in [4.69, 9.17) is 27.9 Å². The Bertz CT molecular complexity index is 811. The van der Waals surface area contributed by atoms with E-state index in [1.54, 1.807) is 36.4 Å². The summed E-state index contributed by atoms with van der Waals surface area (Å²) in [4.78, 5) is 16.0. The Hall–Kier alpha value is -2.30. The molecule has 6 heteroatoms. The van der Waals surface area contributed by atoms with E-state index in [1.165, 1.54) is 12.1 Å². The third-order valence-electron chi connectivity index (χ3n) is 2.98. The van der Waals surface area contributed by atoms with Crippen molar-refractivity contribution in [1.29, 1.82) is 0 Å². The lowest BCUT2D eigenvalue weighted by molar-refractivity contribution is -0.129. The summed E-state index contributed by atoms with van der Waals surface area (Å²) in [7, 11) is 0.